The first-order valence-corrected chi connectivity index (χ1v) is 9.97. The van der Waals surface area contributed by atoms with Crippen LogP contribution in [0.1, 0.15) is 48.0 Å². The highest BCUT2D eigenvalue weighted by Gasteiger charge is 2.04. The molecule has 1 amide bonds. The molecule has 0 fully saturated rings. The molecule has 6 nitrogen and oxygen atoms in total. The van der Waals surface area contributed by atoms with E-state index in [0.29, 0.717) is 5.56 Å². The van der Waals surface area contributed by atoms with E-state index in [1.807, 2.05) is 24.3 Å². The maximum atomic E-state index is 11.7. The molecule has 1 rings (SSSR count). The Balaban J connectivity index is 0.00000729. The van der Waals surface area contributed by atoms with E-state index in [-0.39, 0.29) is 29.9 Å². The highest BCUT2D eigenvalue weighted by Crippen LogP contribution is 2.06. The fraction of sp³-hybridized carbons (Fsp3) is 0.619. The van der Waals surface area contributed by atoms with Crippen LogP contribution in [-0.2, 0) is 6.42 Å². The van der Waals surface area contributed by atoms with Gasteiger partial charge in [-0.2, -0.15) is 0 Å². The largest absolute Gasteiger partial charge is 0.356 e. The van der Waals surface area contributed by atoms with Crippen LogP contribution >= 0.6 is 24.0 Å². The molecule has 0 aliphatic carbocycles. The summed E-state index contributed by atoms with van der Waals surface area (Å²) in [4.78, 5) is 18.2. The zero-order valence-corrected chi connectivity index (χ0v) is 20.2. The van der Waals surface area contributed by atoms with Gasteiger partial charge in [0.15, 0.2) is 5.96 Å². The molecule has 0 atom stereocenters. The predicted molar refractivity (Wildman–Crippen MR) is 130 cm³/mol. The highest BCUT2D eigenvalue weighted by atomic mass is 127. The topological polar surface area (TPSA) is 68.8 Å². The van der Waals surface area contributed by atoms with Crippen molar-refractivity contribution in [3.63, 3.8) is 0 Å². The molecule has 0 aliphatic heterocycles. The first kappa shape index (κ1) is 26.6. The number of nitrogens with zero attached hydrogens (tertiary/aromatic N) is 2. The van der Waals surface area contributed by atoms with Gasteiger partial charge >= 0.3 is 0 Å². The van der Waals surface area contributed by atoms with Crippen LogP contribution in [0.5, 0.6) is 0 Å². The normalized spacial score (nSPS) is 11.1. The van der Waals surface area contributed by atoms with Crippen molar-refractivity contribution in [1.29, 1.82) is 0 Å². The van der Waals surface area contributed by atoms with Crippen molar-refractivity contribution in [2.75, 3.05) is 47.8 Å². The molecular weight excluding hydrogens is 465 g/mol. The Bertz CT molecular complexity index is 578. The van der Waals surface area contributed by atoms with Gasteiger partial charge in [0.2, 0.25) is 0 Å². The molecule has 0 saturated heterocycles. The molecule has 0 spiro atoms. The van der Waals surface area contributed by atoms with Gasteiger partial charge in [0.05, 0.1) is 0 Å². The lowest BCUT2D eigenvalue weighted by Gasteiger charge is -2.12. The Morgan fingerprint density at radius 1 is 1.04 bits per heavy atom. The fourth-order valence-electron chi connectivity index (χ4n) is 2.85. The summed E-state index contributed by atoms with van der Waals surface area (Å²) in [5, 5.41) is 9.36. The third-order valence-corrected chi connectivity index (χ3v) is 4.42. The van der Waals surface area contributed by atoms with Crippen LogP contribution in [-0.4, -0.2) is 64.6 Å². The molecule has 0 aliphatic rings. The van der Waals surface area contributed by atoms with Crippen molar-refractivity contribution in [2.45, 2.75) is 38.5 Å². The second kappa shape index (κ2) is 16.6. The van der Waals surface area contributed by atoms with E-state index in [9.17, 15) is 4.79 Å². The summed E-state index contributed by atoms with van der Waals surface area (Å²) in [6.45, 7) is 2.90. The van der Waals surface area contributed by atoms with E-state index in [1.54, 1.807) is 14.1 Å². The first-order valence-electron chi connectivity index (χ1n) is 9.97. The summed E-state index contributed by atoms with van der Waals surface area (Å²) in [5.74, 6) is 0.786. The lowest BCUT2D eigenvalue weighted by atomic mass is 10.1. The maximum Gasteiger partial charge on any atom is 0.251 e. The third-order valence-electron chi connectivity index (χ3n) is 4.42. The minimum absolute atomic E-state index is 0. The maximum absolute atomic E-state index is 11.7. The summed E-state index contributed by atoms with van der Waals surface area (Å²) < 4.78 is 0. The van der Waals surface area contributed by atoms with E-state index in [4.69, 9.17) is 0 Å². The minimum Gasteiger partial charge on any atom is -0.356 e. The van der Waals surface area contributed by atoms with Crippen molar-refractivity contribution < 1.29 is 4.79 Å². The number of halogens is 1. The van der Waals surface area contributed by atoms with Crippen LogP contribution in [0, 0.1) is 0 Å². The lowest BCUT2D eigenvalue weighted by molar-refractivity contribution is 0.0963. The zero-order chi connectivity index (χ0) is 19.9. The molecule has 0 saturated carbocycles. The van der Waals surface area contributed by atoms with Gasteiger partial charge in [-0.1, -0.05) is 31.4 Å². The van der Waals surface area contributed by atoms with Gasteiger partial charge in [-0.3, -0.25) is 9.79 Å². The number of aliphatic imine (C=N–C) groups is 1. The number of nitrogens with one attached hydrogen (secondary N) is 3. The van der Waals surface area contributed by atoms with Crippen molar-refractivity contribution in [1.82, 2.24) is 20.9 Å². The van der Waals surface area contributed by atoms with Crippen LogP contribution in [0.4, 0.5) is 0 Å². The molecule has 1 aromatic rings. The van der Waals surface area contributed by atoms with Crippen LogP contribution in [0.15, 0.2) is 29.3 Å². The van der Waals surface area contributed by atoms with E-state index in [2.05, 4.69) is 39.9 Å². The quantitative estimate of drug-likeness (QED) is 0.178. The number of hydrogen-bond donors (Lipinski definition) is 3. The molecule has 0 heterocycles. The third kappa shape index (κ3) is 12.2. The number of benzene rings is 1. The molecule has 0 radical (unpaired) electrons. The number of carbonyl (C=O) groups is 1. The van der Waals surface area contributed by atoms with Crippen LogP contribution in [0.2, 0.25) is 0 Å². The Labute approximate surface area is 188 Å². The van der Waals surface area contributed by atoms with Crippen molar-refractivity contribution in [3.8, 4) is 0 Å². The second-order valence-electron chi connectivity index (χ2n) is 7.03. The summed E-state index contributed by atoms with van der Waals surface area (Å²) in [7, 11) is 7.70. The van der Waals surface area contributed by atoms with Gasteiger partial charge in [0.25, 0.3) is 5.91 Å². The van der Waals surface area contributed by atoms with Gasteiger partial charge in [-0.25, -0.2) is 0 Å². The van der Waals surface area contributed by atoms with Gasteiger partial charge in [0.1, 0.15) is 0 Å². The number of carbonyl (C=O) groups excluding carboxylic acids is 1. The standard InChI is InChI=1S/C21H37N5O.HI/c1-22-20(27)19-12-10-11-18(17-19)13-15-25-21(23-2)24-14-8-6-5-7-9-16-26(3)4;/h10-12,17H,5-9,13-16H2,1-4H3,(H,22,27)(H2,23,24,25);1H. The Morgan fingerprint density at radius 2 is 1.71 bits per heavy atom. The van der Waals surface area contributed by atoms with Gasteiger partial charge in [-0.15, -0.1) is 24.0 Å². The average molecular weight is 503 g/mol. The predicted octanol–water partition coefficient (Wildman–Crippen LogP) is 2.88. The molecule has 3 N–H and O–H groups in total. The van der Waals surface area contributed by atoms with Gasteiger partial charge in [0, 0.05) is 32.7 Å². The molecule has 0 unspecified atom stereocenters. The fourth-order valence-corrected chi connectivity index (χ4v) is 2.85. The molecule has 28 heavy (non-hydrogen) atoms. The van der Waals surface area contributed by atoms with Crippen LogP contribution in [0.25, 0.3) is 0 Å². The lowest BCUT2D eigenvalue weighted by Crippen LogP contribution is -2.38. The summed E-state index contributed by atoms with van der Waals surface area (Å²) in [6.07, 6.45) is 7.15. The highest BCUT2D eigenvalue weighted by molar-refractivity contribution is 14.0. The van der Waals surface area contributed by atoms with Gasteiger partial charge in [-0.05, 0) is 57.6 Å². The number of amides is 1. The van der Waals surface area contributed by atoms with Crippen molar-refractivity contribution >= 4 is 35.8 Å². The van der Waals surface area contributed by atoms with E-state index < -0.39 is 0 Å². The van der Waals surface area contributed by atoms with E-state index in [0.717, 1.165) is 37.5 Å². The molecule has 0 aromatic heterocycles. The zero-order valence-electron chi connectivity index (χ0n) is 17.9. The van der Waals surface area contributed by atoms with E-state index in [1.165, 1.54) is 32.2 Å². The molecule has 7 heteroatoms. The van der Waals surface area contributed by atoms with Crippen LogP contribution in [0.3, 0.4) is 0 Å². The number of guanidine groups is 1. The Hall–Kier alpha value is -1.35. The summed E-state index contributed by atoms with van der Waals surface area (Å²) in [6, 6.07) is 7.73. The minimum atomic E-state index is -0.0519. The molecule has 0 bridgehead atoms. The molecule has 1 aromatic carbocycles. The number of rotatable bonds is 12. The monoisotopic (exact) mass is 503 g/mol. The second-order valence-corrected chi connectivity index (χ2v) is 7.03. The average Bonchev–Trinajstić information content (AvgIpc) is 2.67. The molecular formula is C21H38IN5O. The molecule has 160 valence electrons. The Kier molecular flexibility index (Phi) is 15.8. The Morgan fingerprint density at radius 3 is 2.39 bits per heavy atom. The number of unbranched alkanes of at least 4 members (excludes halogenated alkanes) is 4. The van der Waals surface area contributed by atoms with Gasteiger partial charge < -0.3 is 20.9 Å². The van der Waals surface area contributed by atoms with Crippen molar-refractivity contribution in [2.24, 2.45) is 4.99 Å². The number of hydrogen-bond acceptors (Lipinski definition) is 3. The summed E-state index contributed by atoms with van der Waals surface area (Å²) >= 11 is 0. The SMILES string of the molecule is CN=C(NCCCCCCCN(C)C)NCCc1cccc(C(=O)NC)c1.I. The van der Waals surface area contributed by atoms with Crippen LogP contribution < -0.4 is 16.0 Å². The first-order chi connectivity index (χ1) is 13.1. The summed E-state index contributed by atoms with van der Waals surface area (Å²) in [5.41, 5.74) is 1.83. The van der Waals surface area contributed by atoms with E-state index >= 15 is 0 Å². The van der Waals surface area contributed by atoms with Crippen molar-refractivity contribution in [3.05, 3.63) is 35.4 Å². The smallest absolute Gasteiger partial charge is 0.251 e.